The fourth-order valence-corrected chi connectivity index (χ4v) is 3.40. The highest BCUT2D eigenvalue weighted by Crippen LogP contribution is 2.18. The fraction of sp³-hybridized carbons (Fsp3) is 0.353. The molecule has 25 heavy (non-hydrogen) atoms. The first-order chi connectivity index (χ1) is 11.8. The fourth-order valence-electron chi connectivity index (χ4n) is 2.19. The number of rotatable bonds is 7. The molecular weight excluding hydrogens is 340 g/mol. The molecule has 1 amide bonds. The van der Waals surface area contributed by atoms with Crippen LogP contribution in [0.25, 0.3) is 0 Å². The van der Waals surface area contributed by atoms with Crippen molar-refractivity contribution in [3.8, 4) is 0 Å². The molecule has 8 heteroatoms. The Morgan fingerprint density at radius 3 is 2.52 bits per heavy atom. The van der Waals surface area contributed by atoms with Crippen molar-refractivity contribution < 1.29 is 13.2 Å². The molecular formula is C17H22N4O3S. The predicted octanol–water partition coefficient (Wildman–Crippen LogP) is 2.46. The number of nitrogens with one attached hydrogen (secondary N) is 1. The van der Waals surface area contributed by atoms with Crippen LogP contribution >= 0.6 is 0 Å². The lowest BCUT2D eigenvalue weighted by atomic mass is 10.2. The minimum absolute atomic E-state index is 0.200. The average molecular weight is 362 g/mol. The smallest absolute Gasteiger partial charge is 0.257 e. The molecule has 0 radical (unpaired) electrons. The van der Waals surface area contributed by atoms with Crippen molar-refractivity contribution in [3.05, 3.63) is 47.8 Å². The van der Waals surface area contributed by atoms with E-state index in [1.165, 1.54) is 22.6 Å². The van der Waals surface area contributed by atoms with E-state index in [-0.39, 0.29) is 10.8 Å². The van der Waals surface area contributed by atoms with Crippen molar-refractivity contribution >= 4 is 21.6 Å². The van der Waals surface area contributed by atoms with E-state index in [0.29, 0.717) is 23.5 Å². The number of unbranched alkanes of at least 4 members (excludes halogenated alkanes) is 1. The van der Waals surface area contributed by atoms with Gasteiger partial charge < -0.3 is 5.32 Å². The summed E-state index contributed by atoms with van der Waals surface area (Å²) in [7, 11) is -1.94. The summed E-state index contributed by atoms with van der Waals surface area (Å²) in [6.45, 7) is 4.24. The van der Waals surface area contributed by atoms with E-state index in [1.54, 1.807) is 32.2 Å². The number of sulfonamides is 1. The average Bonchev–Trinajstić information content (AvgIpc) is 2.60. The number of benzene rings is 1. The molecule has 7 nitrogen and oxygen atoms in total. The molecule has 0 bridgehead atoms. The zero-order valence-corrected chi connectivity index (χ0v) is 15.4. The van der Waals surface area contributed by atoms with E-state index in [1.807, 2.05) is 6.92 Å². The van der Waals surface area contributed by atoms with Crippen LogP contribution in [-0.4, -0.2) is 42.4 Å². The van der Waals surface area contributed by atoms with Gasteiger partial charge in [0.15, 0.2) is 0 Å². The van der Waals surface area contributed by atoms with Crippen molar-refractivity contribution in [1.82, 2.24) is 14.5 Å². The van der Waals surface area contributed by atoms with E-state index in [4.69, 9.17) is 0 Å². The Balaban J connectivity index is 2.10. The maximum atomic E-state index is 12.5. The molecule has 1 aromatic heterocycles. The minimum atomic E-state index is -3.51. The summed E-state index contributed by atoms with van der Waals surface area (Å²) < 4.78 is 26.3. The van der Waals surface area contributed by atoms with Gasteiger partial charge in [0.05, 0.1) is 22.3 Å². The second-order valence-corrected chi connectivity index (χ2v) is 7.79. The summed E-state index contributed by atoms with van der Waals surface area (Å²) >= 11 is 0. The second kappa shape index (κ2) is 8.17. The van der Waals surface area contributed by atoms with Crippen molar-refractivity contribution in [3.63, 3.8) is 0 Å². The largest absolute Gasteiger partial charge is 0.322 e. The lowest BCUT2D eigenvalue weighted by molar-refractivity contribution is 0.102. The SMILES string of the molecule is CCCCN(C)S(=O)(=O)c1ccc(NC(=O)c2cnnc(C)c2)cc1. The molecule has 1 heterocycles. The van der Waals surface area contributed by atoms with Crippen LogP contribution in [0.15, 0.2) is 41.4 Å². The number of aromatic nitrogens is 2. The van der Waals surface area contributed by atoms with E-state index in [2.05, 4.69) is 15.5 Å². The first-order valence-corrected chi connectivity index (χ1v) is 9.45. The zero-order valence-electron chi connectivity index (χ0n) is 14.6. The summed E-state index contributed by atoms with van der Waals surface area (Å²) in [5.74, 6) is -0.325. The molecule has 1 aromatic carbocycles. The Bertz CT molecular complexity index is 835. The van der Waals surface area contributed by atoms with Gasteiger partial charge in [-0.3, -0.25) is 4.79 Å². The minimum Gasteiger partial charge on any atom is -0.322 e. The Hall–Kier alpha value is -2.32. The summed E-state index contributed by atoms with van der Waals surface area (Å²) in [6.07, 6.45) is 3.11. The number of hydrogen-bond donors (Lipinski definition) is 1. The molecule has 0 saturated heterocycles. The van der Waals surface area contributed by atoms with Gasteiger partial charge in [0.1, 0.15) is 0 Å². The Kier molecular flexibility index (Phi) is 6.22. The van der Waals surface area contributed by atoms with Crippen LogP contribution in [0, 0.1) is 6.92 Å². The molecule has 1 N–H and O–H groups in total. The van der Waals surface area contributed by atoms with Crippen LogP contribution in [-0.2, 0) is 10.0 Å². The van der Waals surface area contributed by atoms with Gasteiger partial charge in [-0.15, -0.1) is 0 Å². The van der Waals surface area contributed by atoms with E-state index in [9.17, 15) is 13.2 Å². The third-order valence-corrected chi connectivity index (χ3v) is 5.56. The summed E-state index contributed by atoms with van der Waals surface area (Å²) in [5.41, 5.74) is 1.54. The highest BCUT2D eigenvalue weighted by Gasteiger charge is 2.20. The van der Waals surface area contributed by atoms with Crippen molar-refractivity contribution in [2.24, 2.45) is 0 Å². The maximum absolute atomic E-state index is 12.5. The van der Waals surface area contributed by atoms with E-state index >= 15 is 0 Å². The van der Waals surface area contributed by atoms with Crippen LogP contribution in [0.1, 0.15) is 35.8 Å². The van der Waals surface area contributed by atoms with Crippen molar-refractivity contribution in [1.29, 1.82) is 0 Å². The van der Waals surface area contributed by atoms with Crippen LogP contribution in [0.3, 0.4) is 0 Å². The number of aryl methyl sites for hydroxylation is 1. The lowest BCUT2D eigenvalue weighted by Crippen LogP contribution is -2.27. The molecule has 134 valence electrons. The number of nitrogens with zero attached hydrogens (tertiary/aromatic N) is 3. The molecule has 0 unspecified atom stereocenters. The summed E-state index contributed by atoms with van der Waals surface area (Å²) in [6, 6.07) is 7.75. The number of amides is 1. The Morgan fingerprint density at radius 1 is 1.24 bits per heavy atom. The van der Waals surface area contributed by atoms with Gasteiger partial charge in [0.25, 0.3) is 5.91 Å². The molecule has 0 saturated carbocycles. The van der Waals surface area contributed by atoms with Gasteiger partial charge in [-0.1, -0.05) is 13.3 Å². The number of carbonyl (C=O) groups is 1. The normalized spacial score (nSPS) is 11.5. The highest BCUT2D eigenvalue weighted by molar-refractivity contribution is 7.89. The molecule has 0 aliphatic heterocycles. The van der Waals surface area contributed by atoms with Crippen LogP contribution < -0.4 is 5.32 Å². The molecule has 0 atom stereocenters. The summed E-state index contributed by atoms with van der Waals surface area (Å²) in [5, 5.41) is 10.3. The third-order valence-electron chi connectivity index (χ3n) is 3.69. The third kappa shape index (κ3) is 4.83. The lowest BCUT2D eigenvalue weighted by Gasteiger charge is -2.17. The Morgan fingerprint density at radius 2 is 1.92 bits per heavy atom. The van der Waals surface area contributed by atoms with Gasteiger partial charge in [-0.05, 0) is 43.7 Å². The van der Waals surface area contributed by atoms with E-state index in [0.717, 1.165) is 12.8 Å². The molecule has 0 fully saturated rings. The van der Waals surface area contributed by atoms with Gasteiger partial charge in [-0.2, -0.15) is 10.2 Å². The quantitative estimate of drug-likeness (QED) is 0.817. The first kappa shape index (κ1) is 19.0. The molecule has 0 aliphatic carbocycles. The van der Waals surface area contributed by atoms with Crippen LogP contribution in [0.4, 0.5) is 5.69 Å². The van der Waals surface area contributed by atoms with Gasteiger partial charge >= 0.3 is 0 Å². The highest BCUT2D eigenvalue weighted by atomic mass is 32.2. The second-order valence-electron chi connectivity index (χ2n) is 5.74. The monoisotopic (exact) mass is 362 g/mol. The molecule has 2 rings (SSSR count). The topological polar surface area (TPSA) is 92.3 Å². The zero-order chi connectivity index (χ0) is 18.4. The first-order valence-electron chi connectivity index (χ1n) is 8.01. The number of hydrogen-bond acceptors (Lipinski definition) is 5. The summed E-state index contributed by atoms with van der Waals surface area (Å²) in [4.78, 5) is 12.4. The Labute approximate surface area is 148 Å². The van der Waals surface area contributed by atoms with Gasteiger partial charge in [-0.25, -0.2) is 12.7 Å². The number of carbonyl (C=O) groups excluding carboxylic acids is 1. The molecule has 2 aromatic rings. The van der Waals surface area contributed by atoms with Crippen molar-refractivity contribution in [2.75, 3.05) is 18.9 Å². The van der Waals surface area contributed by atoms with Crippen LogP contribution in [0.2, 0.25) is 0 Å². The van der Waals surface area contributed by atoms with Gasteiger partial charge in [0, 0.05) is 19.3 Å². The molecule has 0 spiro atoms. The van der Waals surface area contributed by atoms with Crippen LogP contribution in [0.5, 0.6) is 0 Å². The molecule has 0 aliphatic rings. The van der Waals surface area contributed by atoms with Crippen molar-refractivity contribution in [2.45, 2.75) is 31.6 Å². The van der Waals surface area contributed by atoms with E-state index < -0.39 is 10.0 Å². The maximum Gasteiger partial charge on any atom is 0.257 e. The number of anilines is 1. The standard InChI is InChI=1S/C17H22N4O3S/c1-4-5-10-21(3)25(23,24)16-8-6-15(7-9-16)19-17(22)14-11-13(2)20-18-12-14/h6-9,11-12H,4-5,10H2,1-3H3,(H,19,22). The van der Waals surface area contributed by atoms with Gasteiger partial charge in [0.2, 0.25) is 10.0 Å². The predicted molar refractivity (Wildman–Crippen MR) is 95.9 cm³/mol.